The van der Waals surface area contributed by atoms with Crippen LogP contribution in [-0.2, 0) is 4.79 Å². The lowest BCUT2D eigenvalue weighted by Crippen LogP contribution is -2.57. The lowest BCUT2D eigenvalue weighted by Gasteiger charge is -2.47. The van der Waals surface area contributed by atoms with E-state index in [4.69, 9.17) is 10.6 Å². The van der Waals surface area contributed by atoms with Crippen molar-refractivity contribution in [2.75, 3.05) is 13.1 Å². The Labute approximate surface area is 115 Å². The van der Waals surface area contributed by atoms with Crippen LogP contribution in [0.5, 0.6) is 0 Å². The van der Waals surface area contributed by atoms with Gasteiger partial charge in [0.25, 0.3) is 0 Å². The summed E-state index contributed by atoms with van der Waals surface area (Å²) in [5.74, 6) is -1.49. The van der Waals surface area contributed by atoms with Crippen molar-refractivity contribution in [1.82, 2.24) is 4.90 Å². The molecule has 0 aromatic heterocycles. The minimum absolute atomic E-state index is 0.182. The summed E-state index contributed by atoms with van der Waals surface area (Å²) in [6.07, 6.45) is 1.75. The topological polar surface area (TPSA) is 127 Å². The molecule has 8 nitrogen and oxygen atoms in total. The van der Waals surface area contributed by atoms with Gasteiger partial charge in [-0.1, -0.05) is 11.2 Å². The molecule has 0 aromatic rings. The van der Waals surface area contributed by atoms with Crippen molar-refractivity contribution in [1.29, 1.82) is 0 Å². The zero-order valence-corrected chi connectivity index (χ0v) is 10.9. The van der Waals surface area contributed by atoms with Crippen LogP contribution in [-0.4, -0.2) is 45.8 Å². The monoisotopic (exact) mass is 280 g/mol. The summed E-state index contributed by atoms with van der Waals surface area (Å²) in [5.41, 5.74) is 6.81. The maximum atomic E-state index is 11.6. The molecule has 1 spiro atoms. The standard InChI is InChI=1S/C12H16N4O4/c1-2-3-8-4-11(6-16(7-11)10(19)20)5-12(8,9(17)18)14-15-13/h2,8H,1,3-7H2,(H,17,18)(H,19,20). The van der Waals surface area contributed by atoms with Crippen molar-refractivity contribution in [2.45, 2.75) is 24.8 Å². The lowest BCUT2D eigenvalue weighted by atomic mass is 9.77. The van der Waals surface area contributed by atoms with Crippen LogP contribution in [0.2, 0.25) is 0 Å². The molecule has 108 valence electrons. The van der Waals surface area contributed by atoms with E-state index in [1.165, 1.54) is 4.90 Å². The van der Waals surface area contributed by atoms with E-state index in [9.17, 15) is 14.7 Å². The van der Waals surface area contributed by atoms with Crippen molar-refractivity contribution < 1.29 is 19.8 Å². The Kier molecular flexibility index (Phi) is 3.35. The quantitative estimate of drug-likeness (QED) is 0.353. The van der Waals surface area contributed by atoms with Crippen LogP contribution in [0.1, 0.15) is 19.3 Å². The van der Waals surface area contributed by atoms with Gasteiger partial charge in [-0.05, 0) is 30.7 Å². The molecule has 1 aliphatic heterocycles. The lowest BCUT2D eigenvalue weighted by molar-refractivity contribution is -0.145. The van der Waals surface area contributed by atoms with E-state index in [2.05, 4.69) is 16.6 Å². The average Bonchev–Trinajstić information content (AvgIpc) is 2.65. The highest BCUT2D eigenvalue weighted by Gasteiger charge is 2.62. The molecule has 20 heavy (non-hydrogen) atoms. The Morgan fingerprint density at radius 3 is 2.60 bits per heavy atom. The van der Waals surface area contributed by atoms with E-state index in [1.54, 1.807) is 6.08 Å². The Morgan fingerprint density at radius 1 is 1.50 bits per heavy atom. The summed E-state index contributed by atoms with van der Waals surface area (Å²) in [6, 6.07) is 0. The number of azide groups is 1. The van der Waals surface area contributed by atoms with Gasteiger partial charge in [-0.2, -0.15) is 0 Å². The first-order chi connectivity index (χ1) is 9.39. The van der Waals surface area contributed by atoms with E-state index < -0.39 is 23.0 Å². The van der Waals surface area contributed by atoms with Crippen LogP contribution < -0.4 is 0 Å². The zero-order valence-electron chi connectivity index (χ0n) is 10.9. The van der Waals surface area contributed by atoms with Crippen LogP contribution in [0.3, 0.4) is 0 Å². The third kappa shape index (κ3) is 1.98. The molecular weight excluding hydrogens is 264 g/mol. The van der Waals surface area contributed by atoms with E-state index in [0.29, 0.717) is 25.9 Å². The molecule has 8 heteroatoms. The third-order valence-corrected chi connectivity index (χ3v) is 4.37. The normalized spacial score (nSPS) is 30.4. The minimum Gasteiger partial charge on any atom is -0.481 e. The number of carboxylic acid groups (broad SMARTS) is 2. The van der Waals surface area contributed by atoms with E-state index in [1.807, 2.05) is 0 Å². The van der Waals surface area contributed by atoms with Crippen LogP contribution in [0.15, 0.2) is 17.8 Å². The summed E-state index contributed by atoms with van der Waals surface area (Å²) in [5, 5.41) is 22.0. The highest BCUT2D eigenvalue weighted by atomic mass is 16.4. The second-order valence-corrected chi connectivity index (χ2v) is 5.66. The number of likely N-dealkylation sites (tertiary alicyclic amines) is 1. The number of hydrogen-bond acceptors (Lipinski definition) is 3. The summed E-state index contributed by atoms with van der Waals surface area (Å²) >= 11 is 0. The highest BCUT2D eigenvalue weighted by Crippen LogP contribution is 2.55. The predicted molar refractivity (Wildman–Crippen MR) is 69.1 cm³/mol. The Morgan fingerprint density at radius 2 is 2.15 bits per heavy atom. The second kappa shape index (κ2) is 4.72. The average molecular weight is 280 g/mol. The molecule has 1 saturated heterocycles. The van der Waals surface area contributed by atoms with E-state index in [-0.39, 0.29) is 12.3 Å². The molecule has 2 N–H and O–H groups in total. The molecule has 2 fully saturated rings. The summed E-state index contributed by atoms with van der Waals surface area (Å²) in [6.45, 7) is 4.21. The van der Waals surface area contributed by atoms with Crippen molar-refractivity contribution in [3.8, 4) is 0 Å². The fourth-order valence-electron chi connectivity index (χ4n) is 3.59. The molecule has 2 atom stereocenters. The molecule has 1 heterocycles. The molecule has 1 saturated carbocycles. The molecule has 0 radical (unpaired) electrons. The first kappa shape index (κ1) is 14.2. The number of carbonyl (C=O) groups is 2. The smallest absolute Gasteiger partial charge is 0.407 e. The van der Waals surface area contributed by atoms with Gasteiger partial charge in [-0.25, -0.2) is 4.79 Å². The number of carboxylic acids is 1. The van der Waals surface area contributed by atoms with Gasteiger partial charge in [0.1, 0.15) is 5.54 Å². The fourth-order valence-corrected chi connectivity index (χ4v) is 3.59. The number of amides is 1. The van der Waals surface area contributed by atoms with Crippen molar-refractivity contribution >= 4 is 12.1 Å². The molecule has 2 aliphatic rings. The Hall–Kier alpha value is -2.21. The summed E-state index contributed by atoms with van der Waals surface area (Å²) < 4.78 is 0. The zero-order chi connectivity index (χ0) is 15.0. The van der Waals surface area contributed by atoms with Gasteiger partial charge < -0.3 is 15.1 Å². The van der Waals surface area contributed by atoms with Crippen LogP contribution in [0.4, 0.5) is 4.79 Å². The van der Waals surface area contributed by atoms with Gasteiger partial charge in [0.05, 0.1) is 0 Å². The number of rotatable bonds is 4. The number of allylic oxidation sites excluding steroid dienone is 1. The van der Waals surface area contributed by atoms with Gasteiger partial charge in [-0.15, -0.1) is 6.58 Å². The van der Waals surface area contributed by atoms with E-state index in [0.717, 1.165) is 0 Å². The number of nitrogens with zero attached hydrogens (tertiary/aromatic N) is 4. The second-order valence-electron chi connectivity index (χ2n) is 5.66. The maximum Gasteiger partial charge on any atom is 0.407 e. The van der Waals surface area contributed by atoms with E-state index >= 15 is 0 Å². The fraction of sp³-hybridized carbons (Fsp3) is 0.667. The van der Waals surface area contributed by atoms with Gasteiger partial charge in [0, 0.05) is 23.4 Å². The summed E-state index contributed by atoms with van der Waals surface area (Å²) in [4.78, 5) is 26.4. The SMILES string of the molecule is C=CCC1CC2(CN(C(=O)O)C2)CC1(N=[N+]=[N-])C(=O)O. The molecule has 1 amide bonds. The van der Waals surface area contributed by atoms with Crippen LogP contribution in [0, 0.1) is 11.3 Å². The van der Waals surface area contributed by atoms with Crippen molar-refractivity contribution in [3.05, 3.63) is 23.1 Å². The van der Waals surface area contributed by atoms with Crippen LogP contribution >= 0.6 is 0 Å². The van der Waals surface area contributed by atoms with Gasteiger partial charge in [0.15, 0.2) is 0 Å². The molecule has 1 aliphatic carbocycles. The van der Waals surface area contributed by atoms with Crippen LogP contribution in [0.25, 0.3) is 10.4 Å². The van der Waals surface area contributed by atoms with Crippen molar-refractivity contribution in [2.24, 2.45) is 16.4 Å². The molecule has 0 bridgehead atoms. The minimum atomic E-state index is -1.49. The molecular formula is C12H16N4O4. The van der Waals surface area contributed by atoms with Gasteiger partial charge >= 0.3 is 12.1 Å². The third-order valence-electron chi connectivity index (χ3n) is 4.37. The maximum absolute atomic E-state index is 11.6. The number of aliphatic carboxylic acids is 1. The van der Waals surface area contributed by atoms with Gasteiger partial charge in [0.2, 0.25) is 0 Å². The Bertz CT molecular complexity index is 504. The predicted octanol–water partition coefficient (Wildman–Crippen LogP) is 2.09. The van der Waals surface area contributed by atoms with Crippen molar-refractivity contribution in [3.63, 3.8) is 0 Å². The molecule has 2 unspecified atom stereocenters. The largest absolute Gasteiger partial charge is 0.481 e. The molecule has 0 aromatic carbocycles. The number of hydrogen-bond donors (Lipinski definition) is 2. The Balaban J connectivity index is 2.28. The summed E-state index contributed by atoms with van der Waals surface area (Å²) in [7, 11) is 0. The highest BCUT2D eigenvalue weighted by molar-refractivity contribution is 5.80. The molecule has 2 rings (SSSR count). The van der Waals surface area contributed by atoms with Gasteiger partial charge in [-0.3, -0.25) is 4.79 Å². The first-order valence-corrected chi connectivity index (χ1v) is 6.27. The first-order valence-electron chi connectivity index (χ1n) is 6.27.